The van der Waals surface area contributed by atoms with Gasteiger partial charge in [-0.1, -0.05) is 12.1 Å². The van der Waals surface area contributed by atoms with Crippen molar-refractivity contribution in [1.29, 1.82) is 5.26 Å². The molecule has 3 amide bonds. The molecule has 2 aliphatic rings. The standard InChI is InChI=1S/C33H39N7O4/c1-21-36-37-32(44-21)33(14-15-35-20-29(41)40-16-6-7-26(40)19-34)27-12-10-24(30(42)38(2)3)17-22(27)8-9-23-18-25(11-13-28(23)33)31(43)39(4)5/h10-13,17-18,26,35H,6-9,14-16,20H2,1-5H3. The van der Waals surface area contributed by atoms with E-state index in [4.69, 9.17) is 4.42 Å². The smallest absolute Gasteiger partial charge is 0.253 e. The maximum atomic E-state index is 13.0. The average molecular weight is 598 g/mol. The van der Waals surface area contributed by atoms with Gasteiger partial charge in [-0.05, 0) is 85.2 Å². The highest BCUT2D eigenvalue weighted by Crippen LogP contribution is 2.47. The molecule has 230 valence electrons. The third kappa shape index (κ3) is 5.69. The van der Waals surface area contributed by atoms with Gasteiger partial charge in [0.15, 0.2) is 0 Å². The average Bonchev–Trinajstić information content (AvgIpc) is 3.66. The van der Waals surface area contributed by atoms with Crippen LogP contribution in [0.15, 0.2) is 40.8 Å². The van der Waals surface area contributed by atoms with E-state index in [1.54, 1.807) is 49.8 Å². The number of aryl methyl sites for hydroxylation is 3. The molecule has 1 aromatic heterocycles. The monoisotopic (exact) mass is 597 g/mol. The number of benzene rings is 2. The Hall–Kier alpha value is -4.56. The Morgan fingerprint density at radius 2 is 1.59 bits per heavy atom. The van der Waals surface area contributed by atoms with Gasteiger partial charge in [0.2, 0.25) is 17.7 Å². The number of likely N-dealkylation sites (tertiary alicyclic amines) is 1. The molecule has 1 unspecified atom stereocenters. The zero-order chi connectivity index (χ0) is 31.6. The number of carbonyl (C=O) groups excluding carboxylic acids is 3. The van der Waals surface area contributed by atoms with Crippen molar-refractivity contribution in [3.63, 3.8) is 0 Å². The summed E-state index contributed by atoms with van der Waals surface area (Å²) in [6.45, 7) is 2.86. The van der Waals surface area contributed by atoms with Crippen LogP contribution in [0.25, 0.3) is 0 Å². The van der Waals surface area contributed by atoms with Gasteiger partial charge in [-0.15, -0.1) is 10.2 Å². The van der Waals surface area contributed by atoms with Crippen molar-refractivity contribution in [3.05, 3.63) is 81.6 Å². The second-order valence-corrected chi connectivity index (χ2v) is 12.0. The van der Waals surface area contributed by atoms with E-state index in [1.807, 2.05) is 36.4 Å². The van der Waals surface area contributed by atoms with E-state index in [0.717, 1.165) is 28.7 Å². The minimum atomic E-state index is -0.916. The molecule has 1 aliphatic heterocycles. The molecule has 0 saturated carbocycles. The topological polar surface area (TPSA) is 136 Å². The summed E-state index contributed by atoms with van der Waals surface area (Å²) in [5.74, 6) is 0.549. The summed E-state index contributed by atoms with van der Waals surface area (Å²) in [6.07, 6.45) is 3.27. The molecule has 1 atom stereocenters. The van der Waals surface area contributed by atoms with Crippen LogP contribution >= 0.6 is 0 Å². The zero-order valence-corrected chi connectivity index (χ0v) is 26.0. The molecule has 2 heterocycles. The molecule has 1 fully saturated rings. The van der Waals surface area contributed by atoms with E-state index in [9.17, 15) is 19.6 Å². The van der Waals surface area contributed by atoms with E-state index in [1.165, 1.54) is 0 Å². The van der Waals surface area contributed by atoms with Crippen molar-refractivity contribution in [1.82, 2.24) is 30.2 Å². The second-order valence-electron chi connectivity index (χ2n) is 12.0. The highest BCUT2D eigenvalue weighted by Gasteiger charge is 2.45. The third-order valence-electron chi connectivity index (χ3n) is 8.67. The van der Waals surface area contributed by atoms with Crippen molar-refractivity contribution in [2.75, 3.05) is 47.8 Å². The molecule has 0 bridgehead atoms. The van der Waals surface area contributed by atoms with Crippen molar-refractivity contribution in [2.45, 2.75) is 50.5 Å². The molecule has 11 nitrogen and oxygen atoms in total. The van der Waals surface area contributed by atoms with Gasteiger partial charge in [-0.2, -0.15) is 5.26 Å². The second kappa shape index (κ2) is 12.6. The van der Waals surface area contributed by atoms with E-state index in [2.05, 4.69) is 21.6 Å². The van der Waals surface area contributed by atoms with Gasteiger partial charge < -0.3 is 24.4 Å². The van der Waals surface area contributed by atoms with Crippen LogP contribution in [0, 0.1) is 18.3 Å². The van der Waals surface area contributed by atoms with Gasteiger partial charge in [0.05, 0.1) is 12.6 Å². The van der Waals surface area contributed by atoms with Gasteiger partial charge in [0.25, 0.3) is 11.8 Å². The third-order valence-corrected chi connectivity index (χ3v) is 8.67. The van der Waals surface area contributed by atoms with Gasteiger partial charge in [-0.3, -0.25) is 14.4 Å². The fourth-order valence-corrected chi connectivity index (χ4v) is 6.48. The summed E-state index contributed by atoms with van der Waals surface area (Å²) in [7, 11) is 6.92. The maximum Gasteiger partial charge on any atom is 0.253 e. The van der Waals surface area contributed by atoms with Crippen molar-refractivity contribution < 1.29 is 18.8 Å². The zero-order valence-electron chi connectivity index (χ0n) is 26.0. The predicted molar refractivity (Wildman–Crippen MR) is 163 cm³/mol. The summed E-state index contributed by atoms with van der Waals surface area (Å²) in [6, 6.07) is 13.4. The lowest BCUT2D eigenvalue weighted by molar-refractivity contribution is -0.130. The van der Waals surface area contributed by atoms with E-state index >= 15 is 0 Å². The van der Waals surface area contributed by atoms with Crippen LogP contribution in [-0.2, 0) is 23.1 Å². The molecule has 44 heavy (non-hydrogen) atoms. The van der Waals surface area contributed by atoms with Gasteiger partial charge in [0.1, 0.15) is 11.5 Å². The van der Waals surface area contributed by atoms with Gasteiger partial charge in [0, 0.05) is 52.8 Å². The van der Waals surface area contributed by atoms with E-state index in [0.29, 0.717) is 61.7 Å². The molecular formula is C33H39N7O4. The quantitative estimate of drug-likeness (QED) is 0.392. The number of rotatable bonds is 8. The predicted octanol–water partition coefficient (Wildman–Crippen LogP) is 2.71. The lowest BCUT2D eigenvalue weighted by Gasteiger charge is -2.34. The van der Waals surface area contributed by atoms with Gasteiger partial charge in [-0.25, -0.2) is 0 Å². The Morgan fingerprint density at radius 1 is 1.00 bits per heavy atom. The molecule has 0 radical (unpaired) electrons. The molecule has 1 N–H and O–H groups in total. The van der Waals surface area contributed by atoms with Crippen LogP contribution in [0.4, 0.5) is 0 Å². The van der Waals surface area contributed by atoms with Crippen molar-refractivity contribution >= 4 is 17.7 Å². The Kier molecular flexibility index (Phi) is 8.83. The Bertz CT molecular complexity index is 1550. The lowest BCUT2D eigenvalue weighted by atomic mass is 9.69. The normalized spacial score (nSPS) is 16.8. The number of nitrogens with zero attached hydrogens (tertiary/aromatic N) is 6. The molecular weight excluding hydrogens is 558 g/mol. The van der Waals surface area contributed by atoms with Crippen molar-refractivity contribution in [3.8, 4) is 6.07 Å². The number of amides is 3. The lowest BCUT2D eigenvalue weighted by Crippen LogP contribution is -2.42. The first-order valence-corrected chi connectivity index (χ1v) is 15.0. The SMILES string of the molecule is Cc1nnc(C2(CCNCC(=O)N3CCCC3C#N)c3ccc(C(=O)N(C)C)cc3CCc3cc(C(=O)N(C)C)ccc32)o1. The minimum Gasteiger partial charge on any atom is -0.424 e. The fraction of sp³-hybridized carbons (Fsp3) is 0.455. The van der Waals surface area contributed by atoms with Crippen LogP contribution < -0.4 is 5.32 Å². The maximum absolute atomic E-state index is 13.0. The number of hydrogen-bond acceptors (Lipinski definition) is 8. The first-order valence-electron chi connectivity index (χ1n) is 15.0. The molecule has 11 heteroatoms. The minimum absolute atomic E-state index is 0.0922. The molecule has 2 aromatic carbocycles. The Labute approximate surface area is 257 Å². The molecule has 1 aliphatic carbocycles. The molecule has 0 spiro atoms. The van der Waals surface area contributed by atoms with Crippen LogP contribution in [0.3, 0.4) is 0 Å². The number of fused-ring (bicyclic) bond motifs is 2. The van der Waals surface area contributed by atoms with Gasteiger partial charge >= 0.3 is 0 Å². The van der Waals surface area contributed by atoms with Crippen molar-refractivity contribution in [2.24, 2.45) is 0 Å². The van der Waals surface area contributed by atoms with Crippen LogP contribution in [-0.4, -0.2) is 96.5 Å². The molecule has 1 saturated heterocycles. The molecule has 5 rings (SSSR count). The summed E-state index contributed by atoms with van der Waals surface area (Å²) < 4.78 is 6.20. The number of hydrogen-bond donors (Lipinski definition) is 1. The van der Waals surface area contributed by atoms with Crippen LogP contribution in [0.2, 0.25) is 0 Å². The highest BCUT2D eigenvalue weighted by atomic mass is 16.4. The Morgan fingerprint density at radius 3 is 2.09 bits per heavy atom. The fourth-order valence-electron chi connectivity index (χ4n) is 6.48. The summed E-state index contributed by atoms with van der Waals surface area (Å²) >= 11 is 0. The largest absolute Gasteiger partial charge is 0.424 e. The first-order chi connectivity index (χ1) is 21.1. The number of nitriles is 1. The first kappa shape index (κ1) is 30.9. The number of nitrogens with one attached hydrogen (secondary N) is 1. The number of carbonyl (C=O) groups is 3. The summed E-state index contributed by atoms with van der Waals surface area (Å²) in [5.41, 5.74) is 4.10. The van der Waals surface area contributed by atoms with Crippen LogP contribution in [0.1, 0.15) is 74.0 Å². The molecule has 3 aromatic rings. The van der Waals surface area contributed by atoms with Crippen LogP contribution in [0.5, 0.6) is 0 Å². The Balaban J connectivity index is 1.59. The van der Waals surface area contributed by atoms with E-state index in [-0.39, 0.29) is 30.3 Å². The summed E-state index contributed by atoms with van der Waals surface area (Å²) in [4.78, 5) is 43.7. The summed E-state index contributed by atoms with van der Waals surface area (Å²) in [5, 5.41) is 21.5. The highest BCUT2D eigenvalue weighted by molar-refractivity contribution is 5.95. The number of aromatic nitrogens is 2. The van der Waals surface area contributed by atoms with E-state index < -0.39 is 5.41 Å².